The summed E-state index contributed by atoms with van der Waals surface area (Å²) >= 11 is 0. The van der Waals surface area contributed by atoms with E-state index in [1.165, 1.54) is 0 Å². The lowest BCUT2D eigenvalue weighted by atomic mass is 10.1. The lowest BCUT2D eigenvalue weighted by Crippen LogP contribution is -2.49. The summed E-state index contributed by atoms with van der Waals surface area (Å²) in [5, 5.41) is 0.786. The molecule has 0 aliphatic carbocycles. The highest BCUT2D eigenvalue weighted by molar-refractivity contribution is 5.92. The Kier molecular flexibility index (Phi) is 6.44. The third-order valence-corrected chi connectivity index (χ3v) is 5.95. The molecule has 1 fully saturated rings. The Morgan fingerprint density at radius 3 is 2.45 bits per heavy atom. The predicted molar refractivity (Wildman–Crippen MR) is 134 cm³/mol. The number of fused-ring (bicyclic) bond motifs is 2. The van der Waals surface area contributed by atoms with Crippen molar-refractivity contribution in [2.45, 2.75) is 26.9 Å². The molecule has 0 saturated carbocycles. The van der Waals surface area contributed by atoms with Gasteiger partial charge >= 0.3 is 0 Å². The number of benzene rings is 2. The van der Waals surface area contributed by atoms with E-state index in [1.807, 2.05) is 57.2 Å². The molecule has 1 saturated heterocycles. The number of nitrogens with two attached hydrogens (primary N) is 2. The van der Waals surface area contributed by atoms with E-state index in [4.69, 9.17) is 25.9 Å². The molecular weight excluding hydrogens is 416 g/mol. The quantitative estimate of drug-likeness (QED) is 0.586. The third-order valence-electron chi connectivity index (χ3n) is 5.95. The van der Waals surface area contributed by atoms with Gasteiger partial charge in [-0.2, -0.15) is 4.98 Å². The van der Waals surface area contributed by atoms with Crippen LogP contribution in [0.2, 0.25) is 0 Å². The molecule has 1 unspecified atom stereocenters. The van der Waals surface area contributed by atoms with Crippen molar-refractivity contribution < 1.29 is 9.47 Å². The molecule has 0 amide bonds. The molecule has 0 spiro atoms. The van der Waals surface area contributed by atoms with Gasteiger partial charge in [0.1, 0.15) is 12.4 Å². The molecule has 3 heterocycles. The summed E-state index contributed by atoms with van der Waals surface area (Å²) in [6.07, 6.45) is -0.192. The summed E-state index contributed by atoms with van der Waals surface area (Å²) in [5.41, 5.74) is 15.6. The van der Waals surface area contributed by atoms with Crippen LogP contribution in [0.4, 0.5) is 17.5 Å². The van der Waals surface area contributed by atoms with Gasteiger partial charge in [0.25, 0.3) is 0 Å². The van der Waals surface area contributed by atoms with Crippen LogP contribution in [-0.4, -0.2) is 53.8 Å². The Labute approximate surface area is 194 Å². The number of anilines is 3. The van der Waals surface area contributed by atoms with Crippen molar-refractivity contribution in [2.24, 2.45) is 0 Å². The minimum atomic E-state index is -0.192. The minimum Gasteiger partial charge on any atom is -0.485 e. The van der Waals surface area contributed by atoms with Gasteiger partial charge in [-0.05, 0) is 36.8 Å². The average Bonchev–Trinajstić information content (AvgIpc) is 2.86. The molecule has 1 atom stereocenters. The first kappa shape index (κ1) is 22.5. The van der Waals surface area contributed by atoms with E-state index >= 15 is 0 Å². The minimum absolute atomic E-state index is 0.192. The van der Waals surface area contributed by atoms with E-state index in [1.54, 1.807) is 0 Å². The van der Waals surface area contributed by atoms with E-state index in [0.717, 1.165) is 59.8 Å². The number of aryl methyl sites for hydroxylation is 1. The van der Waals surface area contributed by atoms with Gasteiger partial charge in [0.05, 0.1) is 11.2 Å². The fourth-order valence-electron chi connectivity index (χ4n) is 4.03. The molecule has 8 heteroatoms. The molecule has 174 valence electrons. The zero-order valence-corrected chi connectivity index (χ0v) is 19.5. The number of rotatable bonds is 3. The zero-order chi connectivity index (χ0) is 23.5. The molecule has 2 aliphatic rings. The van der Waals surface area contributed by atoms with Crippen LogP contribution in [0, 0.1) is 6.92 Å². The van der Waals surface area contributed by atoms with Crippen LogP contribution < -0.4 is 25.8 Å². The van der Waals surface area contributed by atoms with Gasteiger partial charge in [-0.15, -0.1) is 0 Å². The maximum Gasteiger partial charge on any atom is 0.228 e. The number of piperazine rings is 1. The van der Waals surface area contributed by atoms with Crippen molar-refractivity contribution in [1.29, 1.82) is 0 Å². The Hall–Kier alpha value is -3.68. The fourth-order valence-corrected chi connectivity index (χ4v) is 4.03. The van der Waals surface area contributed by atoms with E-state index in [0.29, 0.717) is 24.1 Å². The van der Waals surface area contributed by atoms with E-state index in [2.05, 4.69) is 21.4 Å². The second-order valence-corrected chi connectivity index (χ2v) is 7.96. The summed E-state index contributed by atoms with van der Waals surface area (Å²) in [6.45, 7) is 13.8. The highest BCUT2D eigenvalue weighted by Crippen LogP contribution is 2.33. The maximum atomic E-state index is 6.21. The van der Waals surface area contributed by atoms with E-state index < -0.39 is 0 Å². The van der Waals surface area contributed by atoms with Crippen LogP contribution in [0.1, 0.15) is 19.4 Å². The molecule has 0 radical (unpaired) electrons. The summed E-state index contributed by atoms with van der Waals surface area (Å²) < 4.78 is 12.0. The Bertz CT molecular complexity index is 1160. The van der Waals surface area contributed by atoms with Gasteiger partial charge in [-0.25, -0.2) is 4.98 Å². The Morgan fingerprint density at radius 1 is 1.03 bits per heavy atom. The van der Waals surface area contributed by atoms with Crippen molar-refractivity contribution in [3.05, 3.63) is 54.2 Å². The number of aromatic nitrogens is 2. The van der Waals surface area contributed by atoms with Crippen LogP contribution >= 0.6 is 0 Å². The third kappa shape index (κ3) is 4.46. The summed E-state index contributed by atoms with van der Waals surface area (Å²) in [5.74, 6) is 2.63. The van der Waals surface area contributed by atoms with Crippen LogP contribution in [-0.2, 0) is 0 Å². The molecule has 1 aromatic heterocycles. The van der Waals surface area contributed by atoms with Crippen molar-refractivity contribution in [3.8, 4) is 11.5 Å². The molecule has 5 rings (SSSR count). The van der Waals surface area contributed by atoms with Crippen LogP contribution in [0.5, 0.6) is 11.5 Å². The standard InChI is InChI=1S/C23H26N6O2.C2H6/c1-14-11-18-16(12-17(14)24)22(25)27-23(26-18)29-9-7-28(8-10-29)15(2)21-13-30-19-5-3-4-6-20(19)31-21;1-2/h3-6,11-12,21H,2,7-10,13,24H2,1H3,(H2,25,26,27);1-2H3. The van der Waals surface area contributed by atoms with Crippen LogP contribution in [0.25, 0.3) is 10.9 Å². The molecule has 8 nitrogen and oxygen atoms in total. The first-order valence-corrected chi connectivity index (χ1v) is 11.4. The van der Waals surface area contributed by atoms with Gasteiger partial charge < -0.3 is 30.7 Å². The number of hydrogen-bond donors (Lipinski definition) is 2. The van der Waals surface area contributed by atoms with Gasteiger partial charge in [0, 0.05) is 37.3 Å². The van der Waals surface area contributed by atoms with Gasteiger partial charge in [-0.1, -0.05) is 32.6 Å². The second kappa shape index (κ2) is 9.44. The fraction of sp³-hybridized carbons (Fsp3) is 0.360. The SMILES string of the molecule is C=C(C1COc2ccccc2O1)N1CCN(c2nc(N)c3cc(N)c(C)cc3n2)CC1.CC. The molecule has 2 aliphatic heterocycles. The van der Waals surface area contributed by atoms with Crippen LogP contribution in [0.3, 0.4) is 0 Å². The predicted octanol–water partition coefficient (Wildman–Crippen LogP) is 3.60. The topological polar surface area (TPSA) is 103 Å². The van der Waals surface area contributed by atoms with Crippen molar-refractivity contribution in [2.75, 3.05) is 49.2 Å². The number of nitrogen functional groups attached to an aromatic ring is 2. The first-order valence-electron chi connectivity index (χ1n) is 11.4. The molecule has 2 aromatic carbocycles. The number of para-hydroxylation sites is 2. The molecule has 3 aromatic rings. The Morgan fingerprint density at radius 2 is 1.73 bits per heavy atom. The molecule has 0 bridgehead atoms. The van der Waals surface area contributed by atoms with Gasteiger partial charge in [0.2, 0.25) is 5.95 Å². The van der Waals surface area contributed by atoms with Gasteiger partial charge in [-0.3, -0.25) is 0 Å². The average molecular weight is 449 g/mol. The van der Waals surface area contributed by atoms with Crippen molar-refractivity contribution in [1.82, 2.24) is 14.9 Å². The van der Waals surface area contributed by atoms with E-state index in [-0.39, 0.29) is 6.10 Å². The Balaban J connectivity index is 0.00000126. The van der Waals surface area contributed by atoms with Gasteiger partial charge in [0.15, 0.2) is 17.6 Å². The van der Waals surface area contributed by atoms with Crippen LogP contribution in [0.15, 0.2) is 48.7 Å². The molecule has 33 heavy (non-hydrogen) atoms. The highest BCUT2D eigenvalue weighted by Gasteiger charge is 2.29. The monoisotopic (exact) mass is 448 g/mol. The van der Waals surface area contributed by atoms with Crippen molar-refractivity contribution >= 4 is 28.4 Å². The summed E-state index contributed by atoms with van der Waals surface area (Å²) in [6, 6.07) is 11.5. The second-order valence-electron chi connectivity index (χ2n) is 7.96. The highest BCUT2D eigenvalue weighted by atomic mass is 16.6. The summed E-state index contributed by atoms with van der Waals surface area (Å²) in [4.78, 5) is 13.7. The molecule has 4 N–H and O–H groups in total. The first-order chi connectivity index (χ1) is 16.0. The van der Waals surface area contributed by atoms with E-state index in [9.17, 15) is 0 Å². The largest absolute Gasteiger partial charge is 0.485 e. The number of hydrogen-bond acceptors (Lipinski definition) is 8. The molecular formula is C25H32N6O2. The van der Waals surface area contributed by atoms with Crippen molar-refractivity contribution in [3.63, 3.8) is 0 Å². The lowest BCUT2D eigenvalue weighted by Gasteiger charge is -2.40. The normalized spacial score (nSPS) is 17.4. The smallest absolute Gasteiger partial charge is 0.228 e. The number of nitrogens with zero attached hydrogens (tertiary/aromatic N) is 4. The number of ether oxygens (including phenoxy) is 2. The zero-order valence-electron chi connectivity index (χ0n) is 19.5. The summed E-state index contributed by atoms with van der Waals surface area (Å²) in [7, 11) is 0. The lowest BCUT2D eigenvalue weighted by molar-refractivity contribution is 0.0902. The maximum absolute atomic E-state index is 6.21.